The van der Waals surface area contributed by atoms with E-state index >= 15 is 0 Å². The Morgan fingerprint density at radius 2 is 2.00 bits per heavy atom. The highest BCUT2D eigenvalue weighted by atomic mass is 32.2. The molecule has 1 aromatic rings. The first kappa shape index (κ1) is 15.5. The lowest BCUT2D eigenvalue weighted by Crippen LogP contribution is -2.34. The van der Waals surface area contributed by atoms with E-state index < -0.39 is 12.0 Å². The normalized spacial score (nSPS) is 11.7. The molecule has 0 spiro atoms. The van der Waals surface area contributed by atoms with Gasteiger partial charge in [-0.05, 0) is 18.6 Å². The average molecular weight is 283 g/mol. The van der Waals surface area contributed by atoms with Gasteiger partial charge in [0, 0.05) is 12.2 Å². The van der Waals surface area contributed by atoms with Crippen molar-refractivity contribution in [2.45, 2.75) is 25.8 Å². The molecule has 0 heterocycles. The molecule has 0 aliphatic rings. The minimum atomic E-state index is -0.834. The summed E-state index contributed by atoms with van der Waals surface area (Å²) >= 11 is 1.07. The van der Waals surface area contributed by atoms with Crippen LogP contribution < -0.4 is 10.5 Å². The highest BCUT2D eigenvalue weighted by Gasteiger charge is 2.17. The van der Waals surface area contributed by atoms with Crippen molar-refractivity contribution in [1.82, 2.24) is 0 Å². The Labute approximate surface area is 116 Å². The summed E-state index contributed by atoms with van der Waals surface area (Å²) in [7, 11) is 0. The smallest absolute Gasteiger partial charge is 0.328 e. The summed E-state index contributed by atoms with van der Waals surface area (Å²) in [6.45, 7) is 1.88. The number of hydrogen-bond acceptors (Lipinski definition) is 6. The van der Waals surface area contributed by atoms with Crippen LogP contribution in [0, 0.1) is 0 Å². The summed E-state index contributed by atoms with van der Waals surface area (Å²) in [6.07, 6.45) is 0.298. The predicted octanol–water partition coefficient (Wildman–Crippen LogP) is 1.91. The molecule has 0 amide bonds. The molecule has 1 aromatic carbocycles. The van der Waals surface area contributed by atoms with E-state index in [2.05, 4.69) is 0 Å². The molecule has 1 unspecified atom stereocenters. The van der Waals surface area contributed by atoms with Crippen LogP contribution in [0.25, 0.3) is 0 Å². The number of para-hydroxylation sites is 1. The van der Waals surface area contributed by atoms with Crippen molar-refractivity contribution < 1.29 is 18.5 Å². The lowest BCUT2D eigenvalue weighted by Gasteiger charge is -2.10. The van der Waals surface area contributed by atoms with Crippen molar-refractivity contribution in [2.24, 2.45) is 5.73 Å². The van der Waals surface area contributed by atoms with Crippen molar-refractivity contribution in [3.63, 3.8) is 0 Å². The number of ether oxygens (including phenoxy) is 1. The van der Waals surface area contributed by atoms with Gasteiger partial charge in [0.25, 0.3) is 0 Å². The second-order valence-corrected chi connectivity index (χ2v) is 4.72. The lowest BCUT2D eigenvalue weighted by molar-refractivity contribution is -0.136. The van der Waals surface area contributed by atoms with Crippen LogP contribution in [-0.2, 0) is 13.8 Å². The van der Waals surface area contributed by atoms with Gasteiger partial charge in [0.2, 0.25) is 0 Å². The average Bonchev–Trinajstić information content (AvgIpc) is 2.43. The van der Waals surface area contributed by atoms with E-state index in [4.69, 9.17) is 14.7 Å². The standard InChI is InChI=1S/C13H17NO4S/c1-2-19-18-12(15)9-8-11(14)13(16)17-10-6-4-3-5-7-10/h3-7,11H,2,8-9,14H2,1H3. The van der Waals surface area contributed by atoms with Crippen molar-refractivity contribution in [1.29, 1.82) is 0 Å². The summed E-state index contributed by atoms with van der Waals surface area (Å²) in [6, 6.07) is 7.83. The van der Waals surface area contributed by atoms with Crippen LogP contribution in [0.15, 0.2) is 30.3 Å². The van der Waals surface area contributed by atoms with Gasteiger partial charge in [0.1, 0.15) is 11.8 Å². The third-order valence-corrected chi connectivity index (χ3v) is 2.73. The molecule has 6 heteroatoms. The fourth-order valence-corrected chi connectivity index (χ4v) is 1.57. The Kier molecular flexibility index (Phi) is 6.99. The Hall–Kier alpha value is -1.53. The zero-order valence-corrected chi connectivity index (χ0v) is 11.5. The summed E-state index contributed by atoms with van der Waals surface area (Å²) in [5.74, 6) is 0.192. The molecule has 0 saturated carbocycles. The first-order chi connectivity index (χ1) is 9.13. The van der Waals surface area contributed by atoms with Gasteiger partial charge in [0.05, 0.1) is 12.0 Å². The van der Waals surface area contributed by atoms with Crippen molar-refractivity contribution in [2.75, 3.05) is 5.75 Å². The second kappa shape index (κ2) is 8.55. The first-order valence-corrected chi connectivity index (χ1v) is 6.89. The fraction of sp³-hybridized carbons (Fsp3) is 0.385. The number of carbonyl (C=O) groups excluding carboxylic acids is 2. The highest BCUT2D eigenvalue weighted by molar-refractivity contribution is 7.95. The van der Waals surface area contributed by atoms with Crippen molar-refractivity contribution in [3.8, 4) is 5.75 Å². The summed E-state index contributed by atoms with van der Waals surface area (Å²) in [5, 5.41) is 0. The molecule has 0 aromatic heterocycles. The fourth-order valence-electron chi connectivity index (χ4n) is 1.24. The predicted molar refractivity (Wildman–Crippen MR) is 73.5 cm³/mol. The maximum absolute atomic E-state index is 11.6. The van der Waals surface area contributed by atoms with Gasteiger partial charge in [-0.15, -0.1) is 0 Å². The third kappa shape index (κ3) is 6.26. The molecule has 104 valence electrons. The molecule has 0 aliphatic heterocycles. The van der Waals surface area contributed by atoms with Crippen LogP contribution in [0.2, 0.25) is 0 Å². The van der Waals surface area contributed by atoms with Crippen LogP contribution in [0.3, 0.4) is 0 Å². The summed E-state index contributed by atoms with van der Waals surface area (Å²) in [5.41, 5.74) is 5.65. The van der Waals surface area contributed by atoms with E-state index in [1.807, 2.05) is 13.0 Å². The topological polar surface area (TPSA) is 78.6 Å². The Balaban J connectivity index is 2.31. The van der Waals surface area contributed by atoms with Gasteiger partial charge in [-0.25, -0.2) is 4.79 Å². The van der Waals surface area contributed by atoms with Crippen LogP contribution in [-0.4, -0.2) is 23.7 Å². The molecule has 5 nitrogen and oxygen atoms in total. The number of nitrogens with two attached hydrogens (primary N) is 1. The molecule has 1 rings (SSSR count). The molecule has 0 fully saturated rings. The SMILES string of the molecule is CCSOC(=O)CCC(N)C(=O)Oc1ccccc1. The maximum atomic E-state index is 11.6. The highest BCUT2D eigenvalue weighted by Crippen LogP contribution is 2.11. The van der Waals surface area contributed by atoms with Gasteiger partial charge in [0.15, 0.2) is 0 Å². The maximum Gasteiger partial charge on any atom is 0.328 e. The van der Waals surface area contributed by atoms with Crippen LogP contribution in [0.5, 0.6) is 5.75 Å². The van der Waals surface area contributed by atoms with Crippen LogP contribution in [0.4, 0.5) is 0 Å². The van der Waals surface area contributed by atoms with Crippen LogP contribution >= 0.6 is 12.0 Å². The van der Waals surface area contributed by atoms with Crippen molar-refractivity contribution in [3.05, 3.63) is 30.3 Å². The lowest BCUT2D eigenvalue weighted by atomic mass is 10.2. The Morgan fingerprint density at radius 1 is 1.32 bits per heavy atom. The molecule has 19 heavy (non-hydrogen) atoms. The van der Waals surface area contributed by atoms with Gasteiger partial charge >= 0.3 is 11.9 Å². The van der Waals surface area contributed by atoms with Gasteiger partial charge in [-0.1, -0.05) is 25.1 Å². The Morgan fingerprint density at radius 3 is 2.63 bits per heavy atom. The number of benzene rings is 1. The minimum absolute atomic E-state index is 0.0953. The summed E-state index contributed by atoms with van der Waals surface area (Å²) < 4.78 is 9.88. The number of rotatable bonds is 7. The molecule has 0 aliphatic carbocycles. The molecule has 0 radical (unpaired) electrons. The van der Waals surface area contributed by atoms with Gasteiger partial charge < -0.3 is 14.7 Å². The molecular weight excluding hydrogens is 266 g/mol. The molecule has 1 atom stereocenters. The molecule has 2 N–H and O–H groups in total. The van der Waals surface area contributed by atoms with E-state index in [0.29, 0.717) is 11.5 Å². The zero-order chi connectivity index (χ0) is 14.1. The zero-order valence-electron chi connectivity index (χ0n) is 10.7. The monoisotopic (exact) mass is 283 g/mol. The minimum Gasteiger partial charge on any atom is -0.425 e. The largest absolute Gasteiger partial charge is 0.425 e. The van der Waals surface area contributed by atoms with E-state index in [9.17, 15) is 9.59 Å². The second-order valence-electron chi connectivity index (χ2n) is 3.74. The molecule has 0 bridgehead atoms. The van der Waals surface area contributed by atoms with Crippen LogP contribution in [0.1, 0.15) is 19.8 Å². The molecular formula is C13H17NO4S. The van der Waals surface area contributed by atoms with E-state index in [-0.39, 0.29) is 18.8 Å². The first-order valence-electron chi connectivity index (χ1n) is 5.98. The molecule has 0 saturated heterocycles. The Bertz CT molecular complexity index is 410. The van der Waals surface area contributed by atoms with E-state index in [1.165, 1.54) is 0 Å². The number of hydrogen-bond donors (Lipinski definition) is 1. The number of carbonyl (C=O) groups is 2. The van der Waals surface area contributed by atoms with E-state index in [1.54, 1.807) is 24.3 Å². The summed E-state index contributed by atoms with van der Waals surface area (Å²) in [4.78, 5) is 22.9. The quantitative estimate of drug-likeness (QED) is 0.468. The van der Waals surface area contributed by atoms with Gasteiger partial charge in [-0.3, -0.25) is 4.79 Å². The third-order valence-electron chi connectivity index (χ3n) is 2.19. The van der Waals surface area contributed by atoms with Gasteiger partial charge in [-0.2, -0.15) is 0 Å². The van der Waals surface area contributed by atoms with Crippen molar-refractivity contribution >= 4 is 24.0 Å². The van der Waals surface area contributed by atoms with E-state index in [0.717, 1.165) is 12.0 Å². The number of esters is 1.